The fraction of sp³-hybridized carbons (Fsp3) is 0. The van der Waals surface area contributed by atoms with Gasteiger partial charge >= 0.3 is 0 Å². The predicted molar refractivity (Wildman–Crippen MR) is 71.6 cm³/mol. The second-order valence-corrected chi connectivity index (χ2v) is 4.10. The molecule has 19 heavy (non-hydrogen) atoms. The molecule has 5 nitrogen and oxygen atoms in total. The van der Waals surface area contributed by atoms with Crippen LogP contribution >= 0.6 is 0 Å². The summed E-state index contributed by atoms with van der Waals surface area (Å²) in [7, 11) is 0. The number of nitrogens with zero attached hydrogens (tertiary/aromatic N) is 3. The molecule has 1 aromatic carbocycles. The summed E-state index contributed by atoms with van der Waals surface area (Å²) in [5.74, 6) is 0. The Morgan fingerprint density at radius 1 is 1.05 bits per heavy atom. The predicted octanol–water partition coefficient (Wildman–Crippen LogP) is 3.21. The number of aromatic nitrogens is 2. The van der Waals surface area contributed by atoms with E-state index in [1.54, 1.807) is 30.7 Å². The van der Waals surface area contributed by atoms with Gasteiger partial charge < -0.3 is 0 Å². The lowest BCUT2D eigenvalue weighted by atomic mass is 10.1. The van der Waals surface area contributed by atoms with Crippen LogP contribution in [0.5, 0.6) is 0 Å². The van der Waals surface area contributed by atoms with Crippen molar-refractivity contribution in [3.05, 3.63) is 65.1 Å². The lowest BCUT2D eigenvalue weighted by molar-refractivity contribution is -0.384. The molecule has 0 aliphatic carbocycles. The first-order valence-corrected chi connectivity index (χ1v) is 5.69. The van der Waals surface area contributed by atoms with Gasteiger partial charge in [-0.15, -0.1) is 0 Å². The Balaban J connectivity index is 2.13. The summed E-state index contributed by atoms with van der Waals surface area (Å²) in [6.07, 6.45) is 5.12. The highest BCUT2D eigenvalue weighted by Crippen LogP contribution is 2.25. The van der Waals surface area contributed by atoms with Gasteiger partial charge in [0.2, 0.25) is 0 Å². The van der Waals surface area contributed by atoms with Crippen LogP contribution in [0.1, 0.15) is 0 Å². The molecule has 2 heterocycles. The molecular weight excluding hydrogens is 242 g/mol. The highest BCUT2D eigenvalue weighted by molar-refractivity contribution is 5.82. The van der Waals surface area contributed by atoms with Gasteiger partial charge in [0.25, 0.3) is 5.69 Å². The molecule has 0 fully saturated rings. The van der Waals surface area contributed by atoms with Gasteiger partial charge in [0.05, 0.1) is 10.4 Å². The van der Waals surface area contributed by atoms with Gasteiger partial charge in [0.1, 0.15) is 0 Å². The molecule has 0 unspecified atom stereocenters. The molecule has 3 rings (SSSR count). The van der Waals surface area contributed by atoms with Crippen molar-refractivity contribution in [3.8, 4) is 11.1 Å². The van der Waals surface area contributed by atoms with Gasteiger partial charge in [0, 0.05) is 41.7 Å². The number of fused-ring (bicyclic) bond motifs is 1. The maximum Gasteiger partial charge on any atom is 0.270 e. The van der Waals surface area contributed by atoms with Crippen molar-refractivity contribution in [2.45, 2.75) is 0 Å². The van der Waals surface area contributed by atoms with E-state index < -0.39 is 4.92 Å². The second-order valence-electron chi connectivity index (χ2n) is 4.10. The molecule has 0 aliphatic heterocycles. The fourth-order valence-corrected chi connectivity index (χ4v) is 1.93. The summed E-state index contributed by atoms with van der Waals surface area (Å²) in [4.78, 5) is 18.7. The number of non-ortho nitro benzene ring substituents is 1. The summed E-state index contributed by atoms with van der Waals surface area (Å²) < 4.78 is 0. The second kappa shape index (κ2) is 4.45. The summed E-state index contributed by atoms with van der Waals surface area (Å²) in [6.45, 7) is 0. The summed E-state index contributed by atoms with van der Waals surface area (Å²) in [6, 6.07) is 10.3. The molecule has 0 aliphatic rings. The van der Waals surface area contributed by atoms with E-state index in [2.05, 4.69) is 9.97 Å². The molecule has 0 atom stereocenters. The van der Waals surface area contributed by atoms with Crippen LogP contribution in [-0.4, -0.2) is 14.9 Å². The van der Waals surface area contributed by atoms with Crippen LogP contribution < -0.4 is 0 Å². The number of rotatable bonds is 2. The Morgan fingerprint density at radius 3 is 2.79 bits per heavy atom. The topological polar surface area (TPSA) is 68.9 Å². The molecule has 92 valence electrons. The van der Waals surface area contributed by atoms with E-state index in [9.17, 15) is 10.1 Å². The SMILES string of the molecule is O=[N+]([O-])c1cccc(-c2cnc3ccncc3c2)c1. The zero-order chi connectivity index (χ0) is 13.2. The smallest absolute Gasteiger partial charge is 0.264 e. The van der Waals surface area contributed by atoms with Gasteiger partial charge in [-0.05, 0) is 17.7 Å². The number of pyridine rings is 2. The van der Waals surface area contributed by atoms with E-state index in [1.165, 1.54) is 6.07 Å². The number of benzene rings is 1. The maximum atomic E-state index is 10.8. The Labute approximate surface area is 108 Å². The Bertz CT molecular complexity index is 771. The van der Waals surface area contributed by atoms with Crippen LogP contribution in [-0.2, 0) is 0 Å². The van der Waals surface area contributed by atoms with E-state index in [0.29, 0.717) is 0 Å². The molecule has 0 saturated heterocycles. The van der Waals surface area contributed by atoms with Crippen molar-refractivity contribution in [2.75, 3.05) is 0 Å². The van der Waals surface area contributed by atoms with Crippen molar-refractivity contribution in [1.82, 2.24) is 9.97 Å². The zero-order valence-electron chi connectivity index (χ0n) is 9.85. The molecule has 3 aromatic rings. The molecule has 0 spiro atoms. The minimum Gasteiger partial charge on any atom is -0.264 e. The average molecular weight is 251 g/mol. The van der Waals surface area contributed by atoms with Gasteiger partial charge in [-0.25, -0.2) is 0 Å². The van der Waals surface area contributed by atoms with Crippen LogP contribution in [0.15, 0.2) is 55.0 Å². The first-order chi connectivity index (χ1) is 9.24. The van der Waals surface area contributed by atoms with Crippen molar-refractivity contribution in [2.24, 2.45) is 0 Å². The quantitative estimate of drug-likeness (QED) is 0.518. The largest absolute Gasteiger partial charge is 0.270 e. The zero-order valence-corrected chi connectivity index (χ0v) is 9.85. The normalized spacial score (nSPS) is 10.5. The third-order valence-electron chi connectivity index (χ3n) is 2.87. The standard InChI is InChI=1S/C14H9N3O2/c18-17(19)13-3-1-2-10(7-13)11-6-12-8-15-5-4-14(12)16-9-11/h1-9H. The number of hydrogen-bond acceptors (Lipinski definition) is 4. The van der Waals surface area contributed by atoms with Crippen LogP contribution in [0.4, 0.5) is 5.69 Å². The van der Waals surface area contributed by atoms with Crippen LogP contribution in [0.3, 0.4) is 0 Å². The monoisotopic (exact) mass is 251 g/mol. The highest BCUT2D eigenvalue weighted by Gasteiger charge is 2.07. The van der Waals surface area contributed by atoms with Crippen molar-refractivity contribution < 1.29 is 4.92 Å². The third-order valence-corrected chi connectivity index (χ3v) is 2.87. The van der Waals surface area contributed by atoms with Crippen molar-refractivity contribution in [1.29, 1.82) is 0 Å². The van der Waals surface area contributed by atoms with E-state index in [4.69, 9.17) is 0 Å². The van der Waals surface area contributed by atoms with Gasteiger partial charge in [0.15, 0.2) is 0 Å². The van der Waals surface area contributed by atoms with Gasteiger partial charge in [-0.3, -0.25) is 20.1 Å². The lowest BCUT2D eigenvalue weighted by Crippen LogP contribution is -1.89. The molecule has 0 amide bonds. The van der Waals surface area contributed by atoms with E-state index >= 15 is 0 Å². The Morgan fingerprint density at radius 2 is 1.95 bits per heavy atom. The molecule has 0 N–H and O–H groups in total. The van der Waals surface area contributed by atoms with E-state index in [0.717, 1.165) is 22.0 Å². The summed E-state index contributed by atoms with van der Waals surface area (Å²) >= 11 is 0. The highest BCUT2D eigenvalue weighted by atomic mass is 16.6. The van der Waals surface area contributed by atoms with Crippen LogP contribution in [0.2, 0.25) is 0 Å². The lowest BCUT2D eigenvalue weighted by Gasteiger charge is -2.03. The molecular formula is C14H9N3O2. The van der Waals surface area contributed by atoms with E-state index in [-0.39, 0.29) is 5.69 Å². The molecule has 2 aromatic heterocycles. The molecule has 0 radical (unpaired) electrons. The van der Waals surface area contributed by atoms with Crippen LogP contribution in [0, 0.1) is 10.1 Å². The number of nitro groups is 1. The van der Waals surface area contributed by atoms with Crippen molar-refractivity contribution >= 4 is 16.6 Å². The van der Waals surface area contributed by atoms with E-state index in [1.807, 2.05) is 18.2 Å². The summed E-state index contributed by atoms with van der Waals surface area (Å²) in [5.41, 5.74) is 2.53. The first-order valence-electron chi connectivity index (χ1n) is 5.69. The number of hydrogen-bond donors (Lipinski definition) is 0. The molecule has 0 bridgehead atoms. The van der Waals surface area contributed by atoms with Gasteiger partial charge in [-0.1, -0.05) is 12.1 Å². The first kappa shape index (κ1) is 11.3. The Kier molecular flexibility index (Phi) is 2.64. The van der Waals surface area contributed by atoms with Crippen LogP contribution in [0.25, 0.3) is 22.0 Å². The summed E-state index contributed by atoms with van der Waals surface area (Å²) in [5, 5.41) is 11.7. The Hall–Kier alpha value is -2.82. The molecule has 5 heteroatoms. The van der Waals surface area contributed by atoms with Crippen molar-refractivity contribution in [3.63, 3.8) is 0 Å². The minimum absolute atomic E-state index is 0.0729. The van der Waals surface area contributed by atoms with Gasteiger partial charge in [-0.2, -0.15) is 0 Å². The fourth-order valence-electron chi connectivity index (χ4n) is 1.93. The minimum atomic E-state index is -0.403. The number of nitro benzene ring substituents is 1. The third kappa shape index (κ3) is 2.13. The molecule has 0 saturated carbocycles. The average Bonchev–Trinajstić information content (AvgIpc) is 2.47. The maximum absolute atomic E-state index is 10.8.